The van der Waals surface area contributed by atoms with Crippen LogP contribution in [0.25, 0.3) is 0 Å². The van der Waals surface area contributed by atoms with Crippen molar-refractivity contribution in [2.24, 2.45) is 0 Å². The molecule has 0 radical (unpaired) electrons. The molecular weight excluding hydrogens is 386 g/mol. The van der Waals surface area contributed by atoms with Gasteiger partial charge in [-0.15, -0.1) is 0 Å². The zero-order valence-electron chi connectivity index (χ0n) is 16.3. The van der Waals surface area contributed by atoms with Crippen LogP contribution in [0.15, 0.2) is 24.3 Å². The van der Waals surface area contributed by atoms with Crippen LogP contribution in [0.1, 0.15) is 26.2 Å². The second-order valence-corrected chi connectivity index (χ2v) is 8.83. The summed E-state index contributed by atoms with van der Waals surface area (Å²) in [5.41, 5.74) is 0. The summed E-state index contributed by atoms with van der Waals surface area (Å²) in [5, 5.41) is 0. The second-order valence-electron chi connectivity index (χ2n) is 6.60. The maximum Gasteiger partial charge on any atom is 0.344 e. The Labute approximate surface area is 165 Å². The van der Waals surface area contributed by atoms with Crippen LogP contribution in [-0.2, 0) is 24.2 Å². The third kappa shape index (κ3) is 6.40. The van der Waals surface area contributed by atoms with Gasteiger partial charge in [0.15, 0.2) is 34.6 Å². The molecule has 1 aromatic rings. The highest BCUT2D eigenvalue weighted by Crippen LogP contribution is 2.25. The van der Waals surface area contributed by atoms with Crippen molar-refractivity contribution in [3.8, 4) is 11.5 Å². The summed E-state index contributed by atoms with van der Waals surface area (Å²) in [5.74, 6) is -0.142. The number of nitrogens with zero attached hydrogens (tertiary/aromatic N) is 1. The van der Waals surface area contributed by atoms with Gasteiger partial charge in [0.05, 0.1) is 18.6 Å². The molecule has 1 heterocycles. The van der Waals surface area contributed by atoms with Crippen LogP contribution >= 0.6 is 0 Å². The molecule has 1 atom stereocenters. The van der Waals surface area contributed by atoms with E-state index in [0.717, 1.165) is 12.8 Å². The van der Waals surface area contributed by atoms with Gasteiger partial charge in [-0.05, 0) is 25.0 Å². The molecule has 28 heavy (non-hydrogen) atoms. The summed E-state index contributed by atoms with van der Waals surface area (Å²) < 4.78 is 39.0. The molecule has 2 rings (SSSR count). The third-order valence-electron chi connectivity index (χ3n) is 4.49. The second kappa shape index (κ2) is 10.3. The Balaban J connectivity index is 1.86. The molecule has 1 aliphatic heterocycles. The predicted octanol–water partition coefficient (Wildman–Crippen LogP) is 1.43. The number of benzene rings is 1. The third-order valence-corrected chi connectivity index (χ3v) is 6.24. The number of hydrogen-bond donors (Lipinski definition) is 0. The van der Waals surface area contributed by atoms with Crippen LogP contribution in [0, 0.1) is 0 Å². The van der Waals surface area contributed by atoms with Gasteiger partial charge in [-0.3, -0.25) is 4.79 Å². The van der Waals surface area contributed by atoms with Crippen LogP contribution in [0.4, 0.5) is 0 Å². The van der Waals surface area contributed by atoms with Crippen molar-refractivity contribution in [3.63, 3.8) is 0 Å². The molecule has 0 aliphatic carbocycles. The summed E-state index contributed by atoms with van der Waals surface area (Å²) in [4.78, 5) is 26.0. The molecule has 156 valence electrons. The van der Waals surface area contributed by atoms with Gasteiger partial charge in [0.2, 0.25) is 0 Å². The van der Waals surface area contributed by atoms with Gasteiger partial charge < -0.3 is 19.1 Å². The summed E-state index contributed by atoms with van der Waals surface area (Å²) >= 11 is 0. The SMILES string of the molecule is CCCCN(C(=O)COC(=O)COc1ccccc1OC)C1CCS(=O)(=O)C1. The Kier molecular flexibility index (Phi) is 8.10. The van der Waals surface area contributed by atoms with E-state index in [2.05, 4.69) is 0 Å². The van der Waals surface area contributed by atoms with E-state index in [-0.39, 0.29) is 30.1 Å². The lowest BCUT2D eigenvalue weighted by molar-refractivity contribution is -0.154. The highest BCUT2D eigenvalue weighted by atomic mass is 32.2. The zero-order valence-corrected chi connectivity index (χ0v) is 17.1. The molecule has 8 nitrogen and oxygen atoms in total. The molecule has 1 aliphatic rings. The predicted molar refractivity (Wildman–Crippen MR) is 103 cm³/mol. The Morgan fingerprint density at radius 1 is 1.18 bits per heavy atom. The average molecular weight is 413 g/mol. The Bertz CT molecular complexity index is 778. The monoisotopic (exact) mass is 413 g/mol. The number of methoxy groups -OCH3 is 1. The Morgan fingerprint density at radius 2 is 1.89 bits per heavy atom. The van der Waals surface area contributed by atoms with E-state index in [9.17, 15) is 18.0 Å². The van der Waals surface area contributed by atoms with Crippen molar-refractivity contribution < 1.29 is 32.2 Å². The number of para-hydroxylation sites is 2. The van der Waals surface area contributed by atoms with Gasteiger partial charge in [-0.1, -0.05) is 25.5 Å². The maximum atomic E-state index is 12.5. The molecule has 0 spiro atoms. The van der Waals surface area contributed by atoms with Crippen molar-refractivity contribution >= 4 is 21.7 Å². The smallest absolute Gasteiger partial charge is 0.344 e. The van der Waals surface area contributed by atoms with E-state index < -0.39 is 22.4 Å². The molecule has 0 saturated carbocycles. The van der Waals surface area contributed by atoms with Crippen molar-refractivity contribution in [2.75, 3.05) is 38.4 Å². The summed E-state index contributed by atoms with van der Waals surface area (Å²) in [6.45, 7) is 1.64. The van der Waals surface area contributed by atoms with E-state index in [1.54, 1.807) is 24.3 Å². The van der Waals surface area contributed by atoms with Gasteiger partial charge >= 0.3 is 5.97 Å². The first kappa shape index (κ1) is 22.0. The number of carbonyl (C=O) groups is 2. The number of amides is 1. The fraction of sp³-hybridized carbons (Fsp3) is 0.579. The lowest BCUT2D eigenvalue weighted by Crippen LogP contribution is -2.44. The number of sulfone groups is 1. The Morgan fingerprint density at radius 3 is 2.50 bits per heavy atom. The first-order valence-corrected chi connectivity index (χ1v) is 11.1. The molecule has 1 saturated heterocycles. The average Bonchev–Trinajstić information content (AvgIpc) is 3.04. The number of hydrogen-bond acceptors (Lipinski definition) is 7. The molecule has 0 bridgehead atoms. The number of carbonyl (C=O) groups excluding carboxylic acids is 2. The quantitative estimate of drug-likeness (QED) is 0.535. The summed E-state index contributed by atoms with van der Waals surface area (Å²) in [6, 6.07) is 6.52. The van der Waals surface area contributed by atoms with Crippen LogP contribution < -0.4 is 9.47 Å². The van der Waals surface area contributed by atoms with Crippen LogP contribution in [0.2, 0.25) is 0 Å². The van der Waals surface area contributed by atoms with E-state index >= 15 is 0 Å². The van der Waals surface area contributed by atoms with Gasteiger partial charge in [0.25, 0.3) is 5.91 Å². The molecular formula is C19H27NO7S. The molecule has 1 fully saturated rings. The van der Waals surface area contributed by atoms with Crippen LogP contribution in [0.3, 0.4) is 0 Å². The van der Waals surface area contributed by atoms with Gasteiger partial charge in [0, 0.05) is 12.6 Å². The van der Waals surface area contributed by atoms with E-state index in [4.69, 9.17) is 14.2 Å². The number of unbranched alkanes of at least 4 members (excludes halogenated alkanes) is 1. The van der Waals surface area contributed by atoms with Crippen molar-refractivity contribution in [2.45, 2.75) is 32.2 Å². The molecule has 1 amide bonds. The molecule has 9 heteroatoms. The highest BCUT2D eigenvalue weighted by molar-refractivity contribution is 7.91. The topological polar surface area (TPSA) is 99.2 Å². The largest absolute Gasteiger partial charge is 0.493 e. The lowest BCUT2D eigenvalue weighted by Gasteiger charge is -2.28. The maximum absolute atomic E-state index is 12.5. The first-order valence-electron chi connectivity index (χ1n) is 9.27. The molecule has 1 aromatic carbocycles. The fourth-order valence-electron chi connectivity index (χ4n) is 3.00. The normalized spacial score (nSPS) is 17.7. The Hall–Kier alpha value is -2.29. The lowest BCUT2D eigenvalue weighted by atomic mass is 10.2. The van der Waals surface area contributed by atoms with Gasteiger partial charge in [0.1, 0.15) is 0 Å². The minimum Gasteiger partial charge on any atom is -0.493 e. The van der Waals surface area contributed by atoms with Gasteiger partial charge in [-0.25, -0.2) is 13.2 Å². The molecule has 0 N–H and O–H groups in total. The van der Waals surface area contributed by atoms with Crippen molar-refractivity contribution in [1.82, 2.24) is 4.90 Å². The van der Waals surface area contributed by atoms with E-state index in [1.165, 1.54) is 12.0 Å². The summed E-state index contributed by atoms with van der Waals surface area (Å²) in [7, 11) is -1.62. The zero-order chi connectivity index (χ0) is 20.6. The van der Waals surface area contributed by atoms with Crippen LogP contribution in [-0.4, -0.2) is 69.6 Å². The number of rotatable bonds is 10. The van der Waals surface area contributed by atoms with Gasteiger partial charge in [-0.2, -0.15) is 0 Å². The van der Waals surface area contributed by atoms with Crippen LogP contribution in [0.5, 0.6) is 11.5 Å². The standard InChI is InChI=1S/C19H27NO7S/c1-3-4-10-20(15-9-11-28(23,24)14-15)18(21)12-27-19(22)13-26-17-8-6-5-7-16(17)25-2/h5-8,15H,3-4,9-14H2,1-2H3. The van der Waals surface area contributed by atoms with Crippen molar-refractivity contribution in [1.29, 1.82) is 0 Å². The van der Waals surface area contributed by atoms with E-state index in [1.807, 2.05) is 6.92 Å². The summed E-state index contributed by atoms with van der Waals surface area (Å²) in [6.07, 6.45) is 2.05. The fourth-order valence-corrected chi connectivity index (χ4v) is 4.73. The minimum absolute atomic E-state index is 0.0344. The number of ether oxygens (including phenoxy) is 3. The van der Waals surface area contributed by atoms with Crippen molar-refractivity contribution in [3.05, 3.63) is 24.3 Å². The highest BCUT2D eigenvalue weighted by Gasteiger charge is 2.34. The molecule has 0 aromatic heterocycles. The van der Waals surface area contributed by atoms with E-state index in [0.29, 0.717) is 24.5 Å². The number of esters is 1. The first-order chi connectivity index (χ1) is 13.4. The minimum atomic E-state index is -3.11. The molecule has 1 unspecified atom stereocenters.